The highest BCUT2D eigenvalue weighted by Crippen LogP contribution is 2.15. The van der Waals surface area contributed by atoms with Gasteiger partial charge < -0.3 is 10.2 Å². The van der Waals surface area contributed by atoms with E-state index in [0.29, 0.717) is 17.9 Å². The molecule has 0 bridgehead atoms. The Hall–Kier alpha value is -3.22. The van der Waals surface area contributed by atoms with Crippen molar-refractivity contribution in [3.63, 3.8) is 0 Å². The molecule has 0 atom stereocenters. The number of amides is 1. The standard InChI is InChI=1S/C19H20FN5O/c1-13-18(22-23-25(13)16-9-7-15(20)8-10-16)19(26)21-12-14-5-4-6-17(11-14)24(2)3/h4-11H,12H2,1-3H3,(H,21,26). The lowest BCUT2D eigenvalue weighted by atomic mass is 10.2. The monoisotopic (exact) mass is 353 g/mol. The van der Waals surface area contributed by atoms with Gasteiger partial charge in [-0.05, 0) is 48.9 Å². The molecule has 0 aliphatic rings. The highest BCUT2D eigenvalue weighted by atomic mass is 19.1. The molecule has 1 N–H and O–H groups in total. The zero-order valence-electron chi connectivity index (χ0n) is 14.9. The average Bonchev–Trinajstić information content (AvgIpc) is 3.02. The molecule has 3 rings (SSSR count). The zero-order valence-corrected chi connectivity index (χ0v) is 14.9. The van der Waals surface area contributed by atoms with Crippen LogP contribution in [-0.2, 0) is 6.54 Å². The first-order valence-electron chi connectivity index (χ1n) is 8.18. The largest absolute Gasteiger partial charge is 0.378 e. The number of aromatic nitrogens is 3. The van der Waals surface area contributed by atoms with Crippen molar-refractivity contribution in [2.45, 2.75) is 13.5 Å². The van der Waals surface area contributed by atoms with Gasteiger partial charge in [0, 0.05) is 26.3 Å². The lowest BCUT2D eigenvalue weighted by Gasteiger charge is -2.13. The van der Waals surface area contributed by atoms with Gasteiger partial charge >= 0.3 is 0 Å². The number of hydrogen-bond donors (Lipinski definition) is 1. The maximum absolute atomic E-state index is 13.1. The van der Waals surface area contributed by atoms with Crippen LogP contribution in [0.4, 0.5) is 10.1 Å². The first-order valence-corrected chi connectivity index (χ1v) is 8.18. The number of nitrogens with zero attached hydrogens (tertiary/aromatic N) is 4. The predicted octanol–water partition coefficient (Wildman–Crippen LogP) is 2.71. The van der Waals surface area contributed by atoms with E-state index in [4.69, 9.17) is 0 Å². The molecule has 0 spiro atoms. The van der Waals surface area contributed by atoms with Crippen molar-refractivity contribution >= 4 is 11.6 Å². The van der Waals surface area contributed by atoms with Gasteiger partial charge in [-0.3, -0.25) is 4.79 Å². The fraction of sp³-hybridized carbons (Fsp3) is 0.211. The topological polar surface area (TPSA) is 63.1 Å². The van der Waals surface area contributed by atoms with Gasteiger partial charge in [-0.15, -0.1) is 5.10 Å². The second kappa shape index (κ2) is 7.35. The van der Waals surface area contributed by atoms with E-state index >= 15 is 0 Å². The average molecular weight is 353 g/mol. The van der Waals surface area contributed by atoms with Crippen molar-refractivity contribution in [3.8, 4) is 5.69 Å². The van der Waals surface area contributed by atoms with Crippen LogP contribution in [0.3, 0.4) is 0 Å². The Kier molecular flexibility index (Phi) is 4.97. The number of hydrogen-bond acceptors (Lipinski definition) is 4. The summed E-state index contributed by atoms with van der Waals surface area (Å²) >= 11 is 0. The van der Waals surface area contributed by atoms with E-state index in [-0.39, 0.29) is 17.4 Å². The molecule has 7 heteroatoms. The summed E-state index contributed by atoms with van der Waals surface area (Å²) in [6, 6.07) is 13.8. The molecule has 1 heterocycles. The van der Waals surface area contributed by atoms with Gasteiger partial charge in [-0.1, -0.05) is 17.3 Å². The Morgan fingerprint density at radius 2 is 1.92 bits per heavy atom. The van der Waals surface area contributed by atoms with Crippen molar-refractivity contribution in [2.75, 3.05) is 19.0 Å². The van der Waals surface area contributed by atoms with Gasteiger partial charge in [0.2, 0.25) is 0 Å². The normalized spacial score (nSPS) is 10.6. The second-order valence-electron chi connectivity index (χ2n) is 6.16. The van der Waals surface area contributed by atoms with E-state index in [0.717, 1.165) is 11.3 Å². The predicted molar refractivity (Wildman–Crippen MR) is 98.0 cm³/mol. The smallest absolute Gasteiger partial charge is 0.274 e. The third-order valence-electron chi connectivity index (χ3n) is 4.06. The summed E-state index contributed by atoms with van der Waals surface area (Å²) in [6.07, 6.45) is 0. The molecule has 1 amide bonds. The summed E-state index contributed by atoms with van der Waals surface area (Å²) in [4.78, 5) is 14.5. The molecular formula is C19H20FN5O. The van der Waals surface area contributed by atoms with Gasteiger partial charge in [0.25, 0.3) is 5.91 Å². The van der Waals surface area contributed by atoms with Crippen LogP contribution in [0.1, 0.15) is 21.7 Å². The molecule has 3 aromatic rings. The van der Waals surface area contributed by atoms with E-state index in [1.165, 1.54) is 16.8 Å². The number of halogens is 1. The fourth-order valence-electron chi connectivity index (χ4n) is 2.58. The Balaban J connectivity index is 1.73. The molecule has 0 aliphatic carbocycles. The van der Waals surface area contributed by atoms with E-state index in [1.54, 1.807) is 19.1 Å². The minimum atomic E-state index is -0.329. The van der Waals surface area contributed by atoms with Crippen molar-refractivity contribution < 1.29 is 9.18 Å². The van der Waals surface area contributed by atoms with Crippen LogP contribution in [0.5, 0.6) is 0 Å². The van der Waals surface area contributed by atoms with Crippen LogP contribution < -0.4 is 10.2 Å². The van der Waals surface area contributed by atoms with Gasteiger partial charge in [0.1, 0.15) is 5.82 Å². The van der Waals surface area contributed by atoms with Crippen LogP contribution >= 0.6 is 0 Å². The van der Waals surface area contributed by atoms with Crippen LogP contribution in [0.15, 0.2) is 48.5 Å². The van der Waals surface area contributed by atoms with Crippen LogP contribution in [0.25, 0.3) is 5.69 Å². The lowest BCUT2D eigenvalue weighted by molar-refractivity contribution is 0.0945. The molecule has 6 nitrogen and oxygen atoms in total. The lowest BCUT2D eigenvalue weighted by Crippen LogP contribution is -2.24. The Labute approximate surface area is 151 Å². The van der Waals surface area contributed by atoms with Crippen molar-refractivity contribution in [1.82, 2.24) is 20.3 Å². The summed E-state index contributed by atoms with van der Waals surface area (Å²) < 4.78 is 14.6. The Morgan fingerprint density at radius 1 is 1.19 bits per heavy atom. The molecule has 0 saturated carbocycles. The van der Waals surface area contributed by atoms with Gasteiger partial charge in [-0.2, -0.15) is 0 Å². The Bertz CT molecular complexity index is 918. The number of carbonyl (C=O) groups is 1. The van der Waals surface area contributed by atoms with E-state index in [9.17, 15) is 9.18 Å². The SMILES string of the molecule is Cc1c(C(=O)NCc2cccc(N(C)C)c2)nnn1-c1ccc(F)cc1. The molecule has 0 aliphatic heterocycles. The summed E-state index contributed by atoms with van der Waals surface area (Å²) in [7, 11) is 3.93. The molecule has 0 saturated heterocycles. The van der Waals surface area contributed by atoms with Gasteiger partial charge in [0.05, 0.1) is 11.4 Å². The molecule has 0 radical (unpaired) electrons. The highest BCUT2D eigenvalue weighted by Gasteiger charge is 2.17. The minimum Gasteiger partial charge on any atom is -0.378 e. The van der Waals surface area contributed by atoms with Crippen molar-refractivity contribution in [3.05, 3.63) is 71.3 Å². The van der Waals surface area contributed by atoms with Crippen LogP contribution in [0.2, 0.25) is 0 Å². The van der Waals surface area contributed by atoms with E-state index in [2.05, 4.69) is 15.6 Å². The van der Waals surface area contributed by atoms with Crippen molar-refractivity contribution in [2.24, 2.45) is 0 Å². The maximum atomic E-state index is 13.1. The fourth-order valence-corrected chi connectivity index (χ4v) is 2.58. The zero-order chi connectivity index (χ0) is 18.7. The first kappa shape index (κ1) is 17.6. The quantitative estimate of drug-likeness (QED) is 0.766. The van der Waals surface area contributed by atoms with E-state index in [1.807, 2.05) is 43.3 Å². The third kappa shape index (κ3) is 3.72. The number of carbonyl (C=O) groups excluding carboxylic acids is 1. The number of rotatable bonds is 5. The third-order valence-corrected chi connectivity index (χ3v) is 4.06. The summed E-state index contributed by atoms with van der Waals surface area (Å²) in [5.41, 5.74) is 3.55. The summed E-state index contributed by atoms with van der Waals surface area (Å²) in [5, 5.41) is 10.8. The molecule has 0 fully saturated rings. The Morgan fingerprint density at radius 3 is 2.62 bits per heavy atom. The van der Waals surface area contributed by atoms with Crippen molar-refractivity contribution in [1.29, 1.82) is 0 Å². The molecule has 0 unspecified atom stereocenters. The minimum absolute atomic E-state index is 0.248. The van der Waals surface area contributed by atoms with Crippen LogP contribution in [-0.4, -0.2) is 35.0 Å². The highest BCUT2D eigenvalue weighted by molar-refractivity contribution is 5.93. The first-order chi connectivity index (χ1) is 12.5. The second-order valence-corrected chi connectivity index (χ2v) is 6.16. The van der Waals surface area contributed by atoms with Gasteiger partial charge in [0.15, 0.2) is 5.69 Å². The molecule has 1 aromatic heterocycles. The maximum Gasteiger partial charge on any atom is 0.274 e. The molecular weight excluding hydrogens is 333 g/mol. The van der Waals surface area contributed by atoms with Crippen LogP contribution in [0, 0.1) is 12.7 Å². The molecule has 2 aromatic carbocycles. The molecule has 134 valence electrons. The summed E-state index contributed by atoms with van der Waals surface area (Å²) in [6.45, 7) is 2.15. The number of benzene rings is 2. The van der Waals surface area contributed by atoms with E-state index < -0.39 is 0 Å². The summed E-state index contributed by atoms with van der Waals surface area (Å²) in [5.74, 6) is -0.629. The van der Waals surface area contributed by atoms with Gasteiger partial charge in [-0.25, -0.2) is 9.07 Å². The number of anilines is 1. The number of nitrogens with one attached hydrogen (secondary N) is 1. The molecule has 26 heavy (non-hydrogen) atoms.